The van der Waals surface area contributed by atoms with Gasteiger partial charge >= 0.3 is 0 Å². The van der Waals surface area contributed by atoms with Gasteiger partial charge in [-0.2, -0.15) is 5.43 Å². The summed E-state index contributed by atoms with van der Waals surface area (Å²) in [5.74, 6) is 0. The third-order valence-electron chi connectivity index (χ3n) is 2.02. The van der Waals surface area contributed by atoms with Gasteiger partial charge in [0, 0.05) is 13.0 Å². The molecule has 0 radical (unpaired) electrons. The van der Waals surface area contributed by atoms with Gasteiger partial charge in [0.05, 0.1) is 20.1 Å². The zero-order chi connectivity index (χ0) is 6.04. The van der Waals surface area contributed by atoms with Crippen LogP contribution in [0, 0.1) is 0 Å². The molecule has 1 fully saturated rings. The first-order chi connectivity index (χ1) is 3.77. The first kappa shape index (κ1) is 6.05. The Kier molecular flexibility index (Phi) is 1.54. The van der Waals surface area contributed by atoms with Crippen LogP contribution in [-0.2, 0) is 0 Å². The monoisotopic (exact) mass is 115 g/mol. The molecule has 0 aliphatic carbocycles. The molecule has 0 bridgehead atoms. The smallest absolute Gasteiger partial charge is 0.0974 e. The molecule has 1 aliphatic heterocycles. The maximum atomic E-state index is 3.42. The van der Waals surface area contributed by atoms with E-state index in [1.807, 2.05) is 0 Å². The van der Waals surface area contributed by atoms with Crippen LogP contribution in [0.25, 0.3) is 0 Å². The van der Waals surface area contributed by atoms with Crippen LogP contribution in [0.5, 0.6) is 0 Å². The average Bonchev–Trinajstić information content (AvgIpc) is 2.17. The average molecular weight is 115 g/mol. The Morgan fingerprint density at radius 3 is 2.62 bits per heavy atom. The predicted molar refractivity (Wildman–Crippen MR) is 34.2 cm³/mol. The minimum Gasteiger partial charge on any atom is -0.248 e. The fourth-order valence-electron chi connectivity index (χ4n) is 1.13. The van der Waals surface area contributed by atoms with E-state index in [1.165, 1.54) is 26.1 Å². The van der Waals surface area contributed by atoms with Gasteiger partial charge in [-0.15, -0.1) is 0 Å². The zero-order valence-electron chi connectivity index (χ0n) is 5.78. The third-order valence-corrected chi connectivity index (χ3v) is 2.02. The van der Waals surface area contributed by atoms with Gasteiger partial charge in [0.25, 0.3) is 0 Å². The van der Waals surface area contributed by atoms with Gasteiger partial charge in [-0.3, -0.25) is 0 Å². The minimum atomic E-state index is 1.07. The quantitative estimate of drug-likeness (QED) is 0.487. The van der Waals surface area contributed by atoms with Crippen molar-refractivity contribution < 1.29 is 4.59 Å². The lowest BCUT2D eigenvalue weighted by atomic mass is 10.4. The van der Waals surface area contributed by atoms with Gasteiger partial charge in [0.15, 0.2) is 0 Å². The number of nitrogens with zero attached hydrogens (tertiary/aromatic N) is 1. The van der Waals surface area contributed by atoms with Crippen molar-refractivity contribution in [2.45, 2.75) is 13.3 Å². The molecule has 2 heteroatoms. The SMILES string of the molecule is CC[N+]1(C)CCCN1. The second kappa shape index (κ2) is 2.03. The molecule has 1 atom stereocenters. The predicted octanol–water partition coefficient (Wildman–Crippen LogP) is 0.361. The second-order valence-corrected chi connectivity index (χ2v) is 2.70. The number of nitrogens with one attached hydrogen (secondary N) is 1. The molecular formula is C6H15N2+. The van der Waals surface area contributed by atoms with Gasteiger partial charge in [-0.25, -0.2) is 4.59 Å². The number of rotatable bonds is 1. The van der Waals surface area contributed by atoms with Gasteiger partial charge in [0.2, 0.25) is 0 Å². The number of hydrogen-bond donors (Lipinski definition) is 1. The van der Waals surface area contributed by atoms with Crippen molar-refractivity contribution >= 4 is 0 Å². The standard InChI is InChI=1S/C6H15N2/c1-3-8(2)6-4-5-7-8/h7H,3-6H2,1-2H3/q+1. The van der Waals surface area contributed by atoms with Gasteiger partial charge < -0.3 is 0 Å². The molecule has 0 spiro atoms. The molecule has 8 heavy (non-hydrogen) atoms. The Morgan fingerprint density at radius 1 is 1.62 bits per heavy atom. The van der Waals surface area contributed by atoms with Crippen LogP contribution in [0.2, 0.25) is 0 Å². The zero-order valence-corrected chi connectivity index (χ0v) is 5.78. The lowest BCUT2D eigenvalue weighted by Crippen LogP contribution is -2.49. The summed E-state index contributed by atoms with van der Waals surface area (Å²) in [5, 5.41) is 0. The van der Waals surface area contributed by atoms with Crippen LogP contribution in [0.1, 0.15) is 13.3 Å². The van der Waals surface area contributed by atoms with Gasteiger partial charge in [-0.05, 0) is 6.92 Å². The van der Waals surface area contributed by atoms with Gasteiger partial charge in [-0.1, -0.05) is 0 Å². The highest BCUT2D eigenvalue weighted by Gasteiger charge is 2.23. The van der Waals surface area contributed by atoms with Crippen LogP contribution in [-0.4, -0.2) is 31.3 Å². The Morgan fingerprint density at radius 2 is 2.38 bits per heavy atom. The van der Waals surface area contributed by atoms with Crippen molar-refractivity contribution in [1.82, 2.24) is 5.43 Å². The summed E-state index contributed by atoms with van der Waals surface area (Å²) in [7, 11) is 2.24. The Bertz CT molecular complexity index is 74.6. The summed E-state index contributed by atoms with van der Waals surface area (Å²) in [6.07, 6.45) is 1.34. The lowest BCUT2D eigenvalue weighted by Gasteiger charge is -2.25. The Hall–Kier alpha value is -0.0800. The van der Waals surface area contributed by atoms with E-state index >= 15 is 0 Å². The molecule has 2 nitrogen and oxygen atoms in total. The number of quaternary nitrogens is 1. The minimum absolute atomic E-state index is 1.07. The van der Waals surface area contributed by atoms with E-state index < -0.39 is 0 Å². The maximum Gasteiger partial charge on any atom is 0.0974 e. The van der Waals surface area contributed by atoms with E-state index in [0.717, 1.165) is 4.59 Å². The van der Waals surface area contributed by atoms with Crippen molar-refractivity contribution in [3.8, 4) is 0 Å². The highest BCUT2D eigenvalue weighted by atomic mass is 15.7. The molecular weight excluding hydrogens is 100 g/mol. The first-order valence-corrected chi connectivity index (χ1v) is 3.36. The van der Waals surface area contributed by atoms with E-state index in [0.29, 0.717) is 0 Å². The van der Waals surface area contributed by atoms with Crippen LogP contribution in [0.15, 0.2) is 0 Å². The summed E-state index contributed by atoms with van der Waals surface area (Å²) < 4.78 is 1.07. The van der Waals surface area contributed by atoms with E-state index in [1.54, 1.807) is 0 Å². The Balaban J connectivity index is 2.40. The van der Waals surface area contributed by atoms with E-state index in [-0.39, 0.29) is 0 Å². The first-order valence-electron chi connectivity index (χ1n) is 3.36. The van der Waals surface area contributed by atoms with E-state index in [4.69, 9.17) is 0 Å². The van der Waals surface area contributed by atoms with Crippen molar-refractivity contribution in [2.24, 2.45) is 0 Å². The second-order valence-electron chi connectivity index (χ2n) is 2.70. The largest absolute Gasteiger partial charge is 0.248 e. The highest BCUT2D eigenvalue weighted by Crippen LogP contribution is 2.04. The molecule has 0 aromatic carbocycles. The molecule has 48 valence electrons. The van der Waals surface area contributed by atoms with Crippen LogP contribution in [0.3, 0.4) is 0 Å². The molecule has 1 heterocycles. The van der Waals surface area contributed by atoms with E-state index in [9.17, 15) is 0 Å². The Labute approximate surface area is 51.0 Å². The van der Waals surface area contributed by atoms with E-state index in [2.05, 4.69) is 19.4 Å². The van der Waals surface area contributed by atoms with Crippen LogP contribution >= 0.6 is 0 Å². The topological polar surface area (TPSA) is 12.0 Å². The summed E-state index contributed by atoms with van der Waals surface area (Å²) in [6, 6.07) is 0. The van der Waals surface area contributed by atoms with Crippen molar-refractivity contribution in [1.29, 1.82) is 0 Å². The van der Waals surface area contributed by atoms with Crippen molar-refractivity contribution in [3.05, 3.63) is 0 Å². The van der Waals surface area contributed by atoms with Crippen LogP contribution in [0.4, 0.5) is 0 Å². The summed E-state index contributed by atoms with van der Waals surface area (Å²) in [5.41, 5.74) is 3.42. The molecule has 0 amide bonds. The lowest BCUT2D eigenvalue weighted by molar-refractivity contribution is -0.937. The molecule has 1 saturated heterocycles. The normalized spacial score (nSPS) is 38.2. The summed E-state index contributed by atoms with van der Waals surface area (Å²) >= 11 is 0. The van der Waals surface area contributed by atoms with Gasteiger partial charge in [0.1, 0.15) is 0 Å². The fraction of sp³-hybridized carbons (Fsp3) is 1.00. The molecule has 1 unspecified atom stereocenters. The third kappa shape index (κ3) is 1.01. The van der Waals surface area contributed by atoms with Crippen LogP contribution < -0.4 is 5.43 Å². The van der Waals surface area contributed by atoms with Crippen molar-refractivity contribution in [2.75, 3.05) is 26.7 Å². The molecule has 1 rings (SSSR count). The highest BCUT2D eigenvalue weighted by molar-refractivity contribution is 4.45. The fourth-order valence-corrected chi connectivity index (χ4v) is 1.13. The maximum absolute atomic E-state index is 3.42. The van der Waals surface area contributed by atoms with Crippen molar-refractivity contribution in [3.63, 3.8) is 0 Å². The molecule has 0 saturated carbocycles. The molecule has 1 N–H and O–H groups in total. The molecule has 0 aromatic heterocycles. The molecule has 1 aliphatic rings. The molecule has 0 aromatic rings. The summed E-state index contributed by atoms with van der Waals surface area (Å²) in [4.78, 5) is 0. The summed E-state index contributed by atoms with van der Waals surface area (Å²) in [6.45, 7) is 5.93. The number of hydrogen-bond acceptors (Lipinski definition) is 1.